The second kappa shape index (κ2) is 11.4. The van der Waals surface area contributed by atoms with E-state index >= 15 is 0 Å². The van der Waals surface area contributed by atoms with Crippen LogP contribution < -0.4 is 5.32 Å². The summed E-state index contributed by atoms with van der Waals surface area (Å²) in [4.78, 5) is 28.5. The quantitative estimate of drug-likeness (QED) is 0.255. The number of aryl methyl sites for hydroxylation is 2. The molecule has 3 aromatic carbocycles. The maximum atomic E-state index is 12.7. The minimum Gasteiger partial charge on any atom is -0.322 e. The van der Waals surface area contributed by atoms with Crippen LogP contribution in [0.15, 0.2) is 78.2 Å². The first-order valence-corrected chi connectivity index (χ1v) is 13.6. The number of rotatable bonds is 8. The molecule has 0 bridgehead atoms. The van der Waals surface area contributed by atoms with Crippen LogP contribution in [0.25, 0.3) is 11.3 Å². The summed E-state index contributed by atoms with van der Waals surface area (Å²) in [5.74, 6) is 0.552. The van der Waals surface area contributed by atoms with E-state index in [9.17, 15) is 9.59 Å². The molecule has 0 saturated heterocycles. The molecule has 1 amide bonds. The van der Waals surface area contributed by atoms with Gasteiger partial charge in [0, 0.05) is 34.2 Å². The number of aromatic nitrogens is 1. The first-order valence-electron chi connectivity index (χ1n) is 12.7. The largest absolute Gasteiger partial charge is 0.322 e. The van der Waals surface area contributed by atoms with Crippen molar-refractivity contribution in [3.05, 3.63) is 105 Å². The number of hydrogen-bond donors (Lipinski definition) is 1. The van der Waals surface area contributed by atoms with Crippen molar-refractivity contribution in [3.8, 4) is 11.3 Å². The molecule has 1 aliphatic carbocycles. The van der Waals surface area contributed by atoms with Crippen molar-refractivity contribution in [1.82, 2.24) is 4.98 Å². The molecular weight excluding hydrogens is 464 g/mol. The van der Waals surface area contributed by atoms with E-state index in [4.69, 9.17) is 4.98 Å². The zero-order valence-corrected chi connectivity index (χ0v) is 21.1. The van der Waals surface area contributed by atoms with Crippen LogP contribution in [-0.2, 0) is 12.8 Å². The average molecular weight is 495 g/mol. The van der Waals surface area contributed by atoms with Crippen molar-refractivity contribution < 1.29 is 9.59 Å². The van der Waals surface area contributed by atoms with Gasteiger partial charge in [-0.3, -0.25) is 9.59 Å². The molecule has 1 N–H and O–H groups in total. The van der Waals surface area contributed by atoms with Crippen molar-refractivity contribution >= 4 is 29.2 Å². The number of amides is 1. The normalized spacial score (nSPS) is 13.9. The lowest BCUT2D eigenvalue weighted by Crippen LogP contribution is -2.12. The second-order valence-corrected chi connectivity index (χ2v) is 10.4. The van der Waals surface area contributed by atoms with Gasteiger partial charge in [-0.05, 0) is 66.6 Å². The van der Waals surface area contributed by atoms with Gasteiger partial charge in [-0.25, -0.2) is 4.98 Å². The molecule has 1 heterocycles. The maximum absolute atomic E-state index is 12.7. The summed E-state index contributed by atoms with van der Waals surface area (Å²) < 4.78 is 0. The van der Waals surface area contributed by atoms with Crippen molar-refractivity contribution in [2.24, 2.45) is 0 Å². The third kappa shape index (κ3) is 5.97. The summed E-state index contributed by atoms with van der Waals surface area (Å²) in [6, 6.07) is 23.7. The molecule has 5 heteroatoms. The van der Waals surface area contributed by atoms with E-state index in [1.54, 1.807) is 11.3 Å². The first-order chi connectivity index (χ1) is 17.7. The Hall–Kier alpha value is -3.57. The van der Waals surface area contributed by atoms with Crippen molar-refractivity contribution in [1.29, 1.82) is 0 Å². The Morgan fingerprint density at radius 1 is 0.944 bits per heavy atom. The van der Waals surface area contributed by atoms with Crippen LogP contribution in [0.1, 0.15) is 74.9 Å². The smallest absolute Gasteiger partial charge is 0.255 e. The highest BCUT2D eigenvalue weighted by molar-refractivity contribution is 7.09. The van der Waals surface area contributed by atoms with Gasteiger partial charge in [0.2, 0.25) is 0 Å². The molecule has 0 spiro atoms. The highest BCUT2D eigenvalue weighted by Gasteiger charge is 2.16. The van der Waals surface area contributed by atoms with Gasteiger partial charge in [-0.1, -0.05) is 61.7 Å². The van der Waals surface area contributed by atoms with E-state index in [0.29, 0.717) is 17.0 Å². The fourth-order valence-corrected chi connectivity index (χ4v) is 5.71. The molecule has 4 nitrogen and oxygen atoms in total. The fraction of sp³-hybridized carbons (Fsp3) is 0.258. The number of hydrogen-bond acceptors (Lipinski definition) is 4. The molecule has 36 heavy (non-hydrogen) atoms. The van der Waals surface area contributed by atoms with E-state index in [-0.39, 0.29) is 5.91 Å². The molecule has 1 fully saturated rings. The van der Waals surface area contributed by atoms with E-state index in [1.807, 2.05) is 60.7 Å². The molecule has 0 atom stereocenters. The average Bonchev–Trinajstić information content (AvgIpc) is 3.42. The van der Waals surface area contributed by atoms with Gasteiger partial charge < -0.3 is 5.32 Å². The van der Waals surface area contributed by atoms with E-state index in [1.165, 1.54) is 37.7 Å². The van der Waals surface area contributed by atoms with Crippen LogP contribution in [0.5, 0.6) is 0 Å². The molecule has 1 aromatic heterocycles. The monoisotopic (exact) mass is 494 g/mol. The second-order valence-electron chi connectivity index (χ2n) is 9.48. The lowest BCUT2D eigenvalue weighted by atomic mass is 9.84. The Labute approximate surface area is 216 Å². The summed E-state index contributed by atoms with van der Waals surface area (Å²) in [7, 11) is 0. The number of carbonyl (C=O) groups is 2. The molecule has 182 valence electrons. The summed E-state index contributed by atoms with van der Waals surface area (Å²) in [6.07, 6.45) is 9.04. The van der Waals surface area contributed by atoms with Crippen LogP contribution in [0, 0.1) is 0 Å². The summed E-state index contributed by atoms with van der Waals surface area (Å²) in [5.41, 5.74) is 6.61. The third-order valence-electron chi connectivity index (χ3n) is 6.95. The molecular formula is C31H30N2O2S. The molecule has 4 aromatic rings. The number of carbonyl (C=O) groups excluding carboxylic acids is 2. The number of anilines is 1. The zero-order valence-electron chi connectivity index (χ0n) is 20.3. The molecule has 1 aliphatic rings. The fourth-order valence-electron chi connectivity index (χ4n) is 4.90. The molecule has 0 radical (unpaired) electrons. The van der Waals surface area contributed by atoms with Crippen LogP contribution in [0.3, 0.4) is 0 Å². The molecule has 1 saturated carbocycles. The Balaban J connectivity index is 1.17. The number of aldehydes is 1. The first kappa shape index (κ1) is 24.1. The Bertz CT molecular complexity index is 1320. The number of nitrogens with zero attached hydrogens (tertiary/aromatic N) is 1. The summed E-state index contributed by atoms with van der Waals surface area (Å²) >= 11 is 1.65. The van der Waals surface area contributed by atoms with Crippen molar-refractivity contribution in [2.45, 2.75) is 50.9 Å². The number of thiazole rings is 1. The number of nitrogens with one attached hydrogen (secondary N) is 1. The summed E-state index contributed by atoms with van der Waals surface area (Å²) in [5, 5.41) is 6.14. The SMILES string of the molecule is O=Cc1cccc(CCc2nc(-c3ccc(NC(=O)c4ccc(C5CCCCC5)cc4)cc3)cs2)c1. The highest BCUT2D eigenvalue weighted by atomic mass is 32.1. The van der Waals surface area contributed by atoms with Gasteiger partial charge in [0.15, 0.2) is 0 Å². The zero-order chi connectivity index (χ0) is 24.7. The predicted molar refractivity (Wildman–Crippen MR) is 147 cm³/mol. The number of benzene rings is 3. The van der Waals surface area contributed by atoms with Crippen molar-refractivity contribution in [3.63, 3.8) is 0 Å². The van der Waals surface area contributed by atoms with Gasteiger partial charge in [-0.2, -0.15) is 0 Å². The molecule has 0 aliphatic heterocycles. The highest BCUT2D eigenvalue weighted by Crippen LogP contribution is 2.32. The van der Waals surface area contributed by atoms with Crippen molar-refractivity contribution in [2.75, 3.05) is 5.32 Å². The van der Waals surface area contributed by atoms with Crippen LogP contribution in [0.4, 0.5) is 5.69 Å². The van der Waals surface area contributed by atoms with E-state index in [2.05, 4.69) is 22.8 Å². The van der Waals surface area contributed by atoms with Gasteiger partial charge in [0.1, 0.15) is 6.29 Å². The van der Waals surface area contributed by atoms with Gasteiger partial charge in [0.25, 0.3) is 5.91 Å². The Morgan fingerprint density at radius 2 is 1.72 bits per heavy atom. The molecule has 0 unspecified atom stereocenters. The molecule has 5 rings (SSSR count). The maximum Gasteiger partial charge on any atom is 0.255 e. The minimum atomic E-state index is -0.0902. The Kier molecular flexibility index (Phi) is 7.67. The summed E-state index contributed by atoms with van der Waals surface area (Å²) in [6.45, 7) is 0. The topological polar surface area (TPSA) is 59.1 Å². The minimum absolute atomic E-state index is 0.0902. The lowest BCUT2D eigenvalue weighted by molar-refractivity contribution is 0.102. The van der Waals surface area contributed by atoms with Gasteiger partial charge in [0.05, 0.1) is 10.7 Å². The van der Waals surface area contributed by atoms with Crippen LogP contribution in [-0.4, -0.2) is 17.2 Å². The van der Waals surface area contributed by atoms with Gasteiger partial charge in [-0.15, -0.1) is 11.3 Å². The lowest BCUT2D eigenvalue weighted by Gasteiger charge is -2.22. The third-order valence-corrected chi connectivity index (χ3v) is 7.86. The standard InChI is InChI=1S/C31H30N2O2S/c34-20-23-6-4-5-22(19-23)9-18-30-33-29(21-36-30)26-14-16-28(17-15-26)32-31(35)27-12-10-25(11-13-27)24-7-2-1-3-8-24/h4-6,10-17,19-21,24H,1-3,7-9,18H2,(H,32,35). The van der Waals surface area contributed by atoms with E-state index in [0.717, 1.165) is 46.6 Å². The van der Waals surface area contributed by atoms with Crippen LogP contribution >= 0.6 is 11.3 Å². The van der Waals surface area contributed by atoms with E-state index < -0.39 is 0 Å². The predicted octanol–water partition coefficient (Wildman–Crippen LogP) is 7.71. The Morgan fingerprint density at radius 3 is 2.47 bits per heavy atom. The van der Waals surface area contributed by atoms with Gasteiger partial charge >= 0.3 is 0 Å². The van der Waals surface area contributed by atoms with Crippen LogP contribution in [0.2, 0.25) is 0 Å².